The Hall–Kier alpha value is -2.05. The Morgan fingerprint density at radius 1 is 1.04 bits per heavy atom. The molecule has 1 aliphatic heterocycles. The lowest BCUT2D eigenvalue weighted by atomic mass is 9.75. The average molecular weight is 327 g/mol. The first-order valence-corrected chi connectivity index (χ1v) is 8.04. The summed E-state index contributed by atoms with van der Waals surface area (Å²) in [6.45, 7) is 8.38. The number of carbonyl (C=O) groups is 1. The van der Waals surface area contributed by atoms with Gasteiger partial charge >= 0.3 is 13.2 Å². The molecule has 2 aromatic carbocycles. The molecule has 0 saturated carbocycles. The zero-order valence-electron chi connectivity index (χ0n) is 14.4. The van der Waals surface area contributed by atoms with Crippen molar-refractivity contribution in [1.29, 1.82) is 0 Å². The lowest BCUT2D eigenvalue weighted by Crippen LogP contribution is -2.41. The highest BCUT2D eigenvalue weighted by atomic mass is 16.7. The van der Waals surface area contributed by atoms with E-state index in [4.69, 9.17) is 14.4 Å². The Kier molecular flexibility index (Phi) is 4.05. The van der Waals surface area contributed by atoms with Crippen LogP contribution in [0.15, 0.2) is 36.4 Å². The number of hydrogen-bond acceptors (Lipinski definition) is 3. The molecule has 0 unspecified atom stereocenters. The molecule has 2 aromatic rings. The van der Waals surface area contributed by atoms with Crippen LogP contribution in [0.25, 0.3) is 10.8 Å². The van der Waals surface area contributed by atoms with E-state index in [0.717, 1.165) is 21.8 Å². The molecule has 5 nitrogen and oxygen atoms in total. The van der Waals surface area contributed by atoms with Gasteiger partial charge in [0.25, 0.3) is 0 Å². The Labute approximate surface area is 142 Å². The van der Waals surface area contributed by atoms with Gasteiger partial charge in [0.05, 0.1) is 11.2 Å². The van der Waals surface area contributed by atoms with Gasteiger partial charge in [0.1, 0.15) is 0 Å². The first-order chi connectivity index (χ1) is 11.2. The molecule has 126 valence electrons. The number of nitrogens with one attached hydrogen (secondary N) is 1. The molecule has 0 atom stereocenters. The van der Waals surface area contributed by atoms with Gasteiger partial charge in [-0.25, -0.2) is 4.79 Å². The molecule has 1 saturated heterocycles. The molecule has 1 amide bonds. The van der Waals surface area contributed by atoms with Gasteiger partial charge in [-0.2, -0.15) is 0 Å². The first kappa shape index (κ1) is 16.8. The third-order valence-electron chi connectivity index (χ3n) is 4.99. The van der Waals surface area contributed by atoms with Crippen molar-refractivity contribution in [2.24, 2.45) is 0 Å². The predicted molar refractivity (Wildman–Crippen MR) is 94.5 cm³/mol. The van der Waals surface area contributed by atoms with E-state index in [1.807, 2.05) is 64.1 Å². The highest BCUT2D eigenvalue weighted by Crippen LogP contribution is 2.37. The normalized spacial score (nSPS) is 18.8. The fourth-order valence-corrected chi connectivity index (χ4v) is 2.89. The molecule has 3 rings (SSSR count). The summed E-state index contributed by atoms with van der Waals surface area (Å²) in [6.07, 6.45) is -1.03. The van der Waals surface area contributed by atoms with Gasteiger partial charge in [0.2, 0.25) is 0 Å². The molecule has 0 spiro atoms. The summed E-state index contributed by atoms with van der Waals surface area (Å²) in [4.78, 5) is 10.8. The van der Waals surface area contributed by atoms with Crippen molar-refractivity contribution >= 4 is 29.4 Å². The topological polar surface area (TPSA) is 67.8 Å². The van der Waals surface area contributed by atoms with E-state index in [1.54, 1.807) is 0 Å². The van der Waals surface area contributed by atoms with Crippen LogP contribution in [-0.4, -0.2) is 29.5 Å². The van der Waals surface area contributed by atoms with Gasteiger partial charge < -0.3 is 19.7 Å². The Morgan fingerprint density at radius 2 is 1.62 bits per heavy atom. The minimum Gasteiger partial charge on any atom is -0.465 e. The Bertz CT molecular complexity index is 772. The average Bonchev–Trinajstić information content (AvgIpc) is 2.72. The summed E-state index contributed by atoms with van der Waals surface area (Å²) >= 11 is 0. The van der Waals surface area contributed by atoms with Gasteiger partial charge in [-0.05, 0) is 49.5 Å². The molecule has 24 heavy (non-hydrogen) atoms. The predicted octanol–water partition coefficient (Wildman–Crippen LogP) is 2.91. The highest BCUT2D eigenvalue weighted by Gasteiger charge is 2.52. The fourth-order valence-electron chi connectivity index (χ4n) is 2.89. The third-order valence-corrected chi connectivity index (χ3v) is 4.99. The maximum absolute atomic E-state index is 10.8. The van der Waals surface area contributed by atoms with Crippen molar-refractivity contribution in [2.45, 2.75) is 45.4 Å². The molecular formula is C18H22BNO4. The largest absolute Gasteiger partial charge is 0.495 e. The van der Waals surface area contributed by atoms with Crippen molar-refractivity contribution in [3.63, 3.8) is 0 Å². The van der Waals surface area contributed by atoms with Crippen LogP contribution in [0, 0.1) is 0 Å². The second-order valence-corrected chi connectivity index (χ2v) is 7.11. The Morgan fingerprint density at radius 3 is 2.21 bits per heavy atom. The molecule has 1 fully saturated rings. The SMILES string of the molecule is CC1(C)OB(c2ccc(CNC(=O)O)c3ccccc23)OC1(C)C. The summed E-state index contributed by atoms with van der Waals surface area (Å²) < 4.78 is 12.3. The molecular weight excluding hydrogens is 305 g/mol. The molecule has 6 heteroatoms. The van der Waals surface area contributed by atoms with Gasteiger partial charge in [-0.15, -0.1) is 0 Å². The first-order valence-electron chi connectivity index (χ1n) is 8.04. The number of hydrogen-bond donors (Lipinski definition) is 2. The third kappa shape index (κ3) is 2.87. The van der Waals surface area contributed by atoms with E-state index < -0.39 is 24.4 Å². The van der Waals surface area contributed by atoms with Crippen LogP contribution in [-0.2, 0) is 15.9 Å². The van der Waals surface area contributed by atoms with Crippen molar-refractivity contribution in [1.82, 2.24) is 5.32 Å². The van der Waals surface area contributed by atoms with Crippen LogP contribution in [0.2, 0.25) is 0 Å². The lowest BCUT2D eigenvalue weighted by Gasteiger charge is -2.32. The number of fused-ring (bicyclic) bond motifs is 1. The highest BCUT2D eigenvalue weighted by molar-refractivity contribution is 6.65. The molecule has 0 bridgehead atoms. The monoisotopic (exact) mass is 327 g/mol. The van der Waals surface area contributed by atoms with Gasteiger partial charge in [-0.1, -0.05) is 36.4 Å². The van der Waals surface area contributed by atoms with E-state index in [-0.39, 0.29) is 6.54 Å². The molecule has 0 aliphatic carbocycles. The molecule has 2 N–H and O–H groups in total. The summed E-state index contributed by atoms with van der Waals surface area (Å²) in [5.41, 5.74) is 1.08. The minimum atomic E-state index is -1.03. The van der Waals surface area contributed by atoms with Crippen LogP contribution < -0.4 is 10.8 Å². The number of amides is 1. The van der Waals surface area contributed by atoms with E-state index in [2.05, 4.69) is 5.32 Å². The minimum absolute atomic E-state index is 0.263. The summed E-state index contributed by atoms with van der Waals surface area (Å²) in [6, 6.07) is 11.8. The van der Waals surface area contributed by atoms with Gasteiger partial charge in [0, 0.05) is 6.54 Å². The second-order valence-electron chi connectivity index (χ2n) is 7.11. The quantitative estimate of drug-likeness (QED) is 0.851. The second kappa shape index (κ2) is 5.79. The van der Waals surface area contributed by atoms with Gasteiger partial charge in [-0.3, -0.25) is 0 Å². The van der Waals surface area contributed by atoms with E-state index >= 15 is 0 Å². The van der Waals surface area contributed by atoms with E-state index in [1.165, 1.54) is 0 Å². The van der Waals surface area contributed by atoms with Crippen LogP contribution in [0.1, 0.15) is 33.3 Å². The zero-order chi connectivity index (χ0) is 17.5. The number of rotatable bonds is 3. The Balaban J connectivity index is 2.02. The van der Waals surface area contributed by atoms with Crippen LogP contribution in [0.4, 0.5) is 4.79 Å². The molecule has 1 heterocycles. The zero-order valence-corrected chi connectivity index (χ0v) is 14.4. The molecule has 1 aliphatic rings. The summed E-state index contributed by atoms with van der Waals surface area (Å²) in [5, 5.41) is 13.3. The van der Waals surface area contributed by atoms with Crippen LogP contribution in [0.5, 0.6) is 0 Å². The smallest absolute Gasteiger partial charge is 0.465 e. The van der Waals surface area contributed by atoms with Crippen molar-refractivity contribution < 1.29 is 19.2 Å². The number of benzene rings is 2. The molecule has 0 aromatic heterocycles. The van der Waals surface area contributed by atoms with Crippen LogP contribution in [0.3, 0.4) is 0 Å². The maximum Gasteiger partial charge on any atom is 0.495 e. The van der Waals surface area contributed by atoms with E-state index in [9.17, 15) is 4.79 Å². The molecule has 0 radical (unpaired) electrons. The summed E-state index contributed by atoms with van der Waals surface area (Å²) in [5.74, 6) is 0. The van der Waals surface area contributed by atoms with Crippen molar-refractivity contribution in [2.75, 3.05) is 0 Å². The van der Waals surface area contributed by atoms with Gasteiger partial charge in [0.15, 0.2) is 0 Å². The fraction of sp³-hybridized carbons (Fsp3) is 0.389. The summed E-state index contributed by atoms with van der Waals surface area (Å²) in [7, 11) is -0.443. The van der Waals surface area contributed by atoms with Crippen LogP contribution >= 0.6 is 0 Å². The van der Waals surface area contributed by atoms with Crippen molar-refractivity contribution in [3.8, 4) is 0 Å². The standard InChI is InChI=1S/C18H22BNO4/c1-17(2)18(3,4)24-19(23-17)15-10-9-12(11-20-16(21)22)13-7-5-6-8-14(13)15/h5-10,20H,11H2,1-4H3,(H,21,22). The van der Waals surface area contributed by atoms with Crippen molar-refractivity contribution in [3.05, 3.63) is 42.0 Å². The number of carboxylic acid groups (broad SMARTS) is 1. The van der Waals surface area contributed by atoms with E-state index in [0.29, 0.717) is 0 Å². The maximum atomic E-state index is 10.8. The lowest BCUT2D eigenvalue weighted by molar-refractivity contribution is 0.00578.